The number of carbonyl (C=O) groups excluding carboxylic acids is 3. The van der Waals surface area contributed by atoms with Gasteiger partial charge in [0, 0.05) is 13.5 Å². The predicted octanol–water partition coefficient (Wildman–Crippen LogP) is 0.768. The second kappa shape index (κ2) is 8.77. The van der Waals surface area contributed by atoms with E-state index in [0.717, 1.165) is 11.3 Å². The Hall–Kier alpha value is -2.57. The zero-order valence-corrected chi connectivity index (χ0v) is 13.7. The number of esters is 1. The van der Waals surface area contributed by atoms with Crippen LogP contribution in [0.5, 0.6) is 5.75 Å². The summed E-state index contributed by atoms with van der Waals surface area (Å²) in [5.41, 5.74) is 0.893. The fourth-order valence-electron chi connectivity index (χ4n) is 1.77. The highest BCUT2D eigenvalue weighted by Crippen LogP contribution is 2.11. The van der Waals surface area contributed by atoms with Gasteiger partial charge in [-0.3, -0.25) is 9.59 Å². The van der Waals surface area contributed by atoms with E-state index in [1.54, 1.807) is 19.2 Å². The van der Waals surface area contributed by atoms with Gasteiger partial charge in [0.2, 0.25) is 5.91 Å². The average Bonchev–Trinajstić information content (AvgIpc) is 2.52. The van der Waals surface area contributed by atoms with E-state index in [9.17, 15) is 14.4 Å². The molecule has 23 heavy (non-hydrogen) atoms. The van der Waals surface area contributed by atoms with Crippen molar-refractivity contribution in [3.8, 4) is 5.75 Å². The lowest BCUT2D eigenvalue weighted by molar-refractivity contribution is -0.157. The number of carbonyl (C=O) groups is 3. The molecule has 1 aromatic rings. The average molecular weight is 322 g/mol. The molecule has 0 heterocycles. The summed E-state index contributed by atoms with van der Waals surface area (Å²) in [5.74, 6) is -0.683. The van der Waals surface area contributed by atoms with Gasteiger partial charge in [0.15, 0.2) is 6.10 Å². The monoisotopic (exact) mass is 322 g/mol. The minimum atomic E-state index is -0.947. The van der Waals surface area contributed by atoms with E-state index in [-0.39, 0.29) is 5.91 Å². The Bertz CT molecular complexity index is 556. The number of nitrogens with one attached hydrogen (secondary N) is 2. The van der Waals surface area contributed by atoms with E-state index in [4.69, 9.17) is 9.47 Å². The molecular weight excluding hydrogens is 300 g/mol. The molecule has 2 amide bonds. The van der Waals surface area contributed by atoms with Gasteiger partial charge in [-0.15, -0.1) is 0 Å². The van der Waals surface area contributed by atoms with Crippen LogP contribution in [0.4, 0.5) is 0 Å². The molecule has 1 aromatic carbocycles. The molecular formula is C16H22N2O5. The molecule has 0 saturated heterocycles. The molecule has 0 aliphatic rings. The van der Waals surface area contributed by atoms with Crippen molar-refractivity contribution in [1.29, 1.82) is 0 Å². The van der Waals surface area contributed by atoms with Crippen LogP contribution in [-0.2, 0) is 25.7 Å². The Labute approximate surface area is 135 Å². The summed E-state index contributed by atoms with van der Waals surface area (Å²) < 4.78 is 10.1. The molecule has 0 aliphatic carbocycles. The van der Waals surface area contributed by atoms with Crippen LogP contribution in [0, 0.1) is 0 Å². The second-order valence-corrected chi connectivity index (χ2v) is 5.07. The lowest BCUT2D eigenvalue weighted by atomic mass is 10.2. The summed E-state index contributed by atoms with van der Waals surface area (Å²) in [6.45, 7) is 4.58. The maximum Gasteiger partial charge on any atom is 0.329 e. The van der Waals surface area contributed by atoms with Crippen LogP contribution in [-0.4, -0.2) is 37.0 Å². The summed E-state index contributed by atoms with van der Waals surface area (Å²) in [4.78, 5) is 34.5. The van der Waals surface area contributed by atoms with Gasteiger partial charge >= 0.3 is 5.97 Å². The first-order valence-electron chi connectivity index (χ1n) is 7.21. The summed E-state index contributed by atoms with van der Waals surface area (Å²) in [5, 5.41) is 5.08. The lowest BCUT2D eigenvalue weighted by Gasteiger charge is -2.17. The fourth-order valence-corrected chi connectivity index (χ4v) is 1.77. The molecule has 2 N–H and O–H groups in total. The van der Waals surface area contributed by atoms with Crippen LogP contribution in [0.1, 0.15) is 26.3 Å². The lowest BCUT2D eigenvalue weighted by Crippen LogP contribution is -2.42. The van der Waals surface area contributed by atoms with Gasteiger partial charge < -0.3 is 20.1 Å². The summed E-state index contributed by atoms with van der Waals surface area (Å²) >= 11 is 0. The summed E-state index contributed by atoms with van der Waals surface area (Å²) in [6.07, 6.45) is -0.947. The van der Waals surface area contributed by atoms with Crippen LogP contribution >= 0.6 is 0 Å². The first kappa shape index (κ1) is 18.5. The second-order valence-electron chi connectivity index (χ2n) is 5.07. The molecule has 0 saturated carbocycles. The summed E-state index contributed by atoms with van der Waals surface area (Å²) in [6, 6.07) is 6.44. The number of methoxy groups -OCH3 is 1. The van der Waals surface area contributed by atoms with Crippen molar-refractivity contribution in [1.82, 2.24) is 10.6 Å². The molecule has 7 heteroatoms. The molecule has 2 atom stereocenters. The zero-order chi connectivity index (χ0) is 17.4. The topological polar surface area (TPSA) is 93.7 Å². The molecule has 126 valence electrons. The highest BCUT2D eigenvalue weighted by atomic mass is 16.5. The Morgan fingerprint density at radius 3 is 2.26 bits per heavy atom. The maximum absolute atomic E-state index is 11.9. The van der Waals surface area contributed by atoms with Crippen molar-refractivity contribution >= 4 is 17.8 Å². The Balaban J connectivity index is 2.43. The number of hydrogen-bond acceptors (Lipinski definition) is 5. The Morgan fingerprint density at radius 2 is 1.74 bits per heavy atom. The SMILES string of the molecule is COc1ccc(CNC(=O)[C@@H](C)OC(=O)[C@H](C)NC(C)=O)cc1. The van der Waals surface area contributed by atoms with Gasteiger partial charge in [-0.2, -0.15) is 0 Å². The normalized spacial score (nSPS) is 12.7. The van der Waals surface area contributed by atoms with E-state index in [0.29, 0.717) is 6.54 Å². The predicted molar refractivity (Wildman–Crippen MR) is 83.7 cm³/mol. The van der Waals surface area contributed by atoms with Crippen LogP contribution < -0.4 is 15.4 Å². The molecule has 0 bridgehead atoms. The van der Waals surface area contributed by atoms with Crippen molar-refractivity contribution < 1.29 is 23.9 Å². The van der Waals surface area contributed by atoms with Gasteiger partial charge in [-0.05, 0) is 31.5 Å². The smallest absolute Gasteiger partial charge is 0.329 e. The third-order valence-electron chi connectivity index (χ3n) is 3.06. The number of amides is 2. The highest BCUT2D eigenvalue weighted by molar-refractivity contribution is 5.86. The quantitative estimate of drug-likeness (QED) is 0.723. The number of hydrogen-bond donors (Lipinski definition) is 2. The van der Waals surface area contributed by atoms with Gasteiger partial charge in [0.25, 0.3) is 5.91 Å². The van der Waals surface area contributed by atoms with Crippen molar-refractivity contribution in [2.24, 2.45) is 0 Å². The fraction of sp³-hybridized carbons (Fsp3) is 0.438. The van der Waals surface area contributed by atoms with Crippen LogP contribution in [0.2, 0.25) is 0 Å². The van der Waals surface area contributed by atoms with E-state index >= 15 is 0 Å². The summed E-state index contributed by atoms with van der Waals surface area (Å²) in [7, 11) is 1.58. The first-order chi connectivity index (χ1) is 10.8. The molecule has 0 spiro atoms. The van der Waals surface area contributed by atoms with E-state index < -0.39 is 24.0 Å². The van der Waals surface area contributed by atoms with Crippen molar-refractivity contribution in [3.05, 3.63) is 29.8 Å². The van der Waals surface area contributed by atoms with E-state index in [1.807, 2.05) is 12.1 Å². The van der Waals surface area contributed by atoms with E-state index in [1.165, 1.54) is 20.8 Å². The van der Waals surface area contributed by atoms with E-state index in [2.05, 4.69) is 10.6 Å². The zero-order valence-electron chi connectivity index (χ0n) is 13.7. The number of benzene rings is 1. The minimum absolute atomic E-state index is 0.311. The maximum atomic E-state index is 11.9. The Kier molecular flexibility index (Phi) is 7.05. The third kappa shape index (κ3) is 6.37. The largest absolute Gasteiger partial charge is 0.497 e. The molecule has 0 aromatic heterocycles. The van der Waals surface area contributed by atoms with Crippen LogP contribution in [0.25, 0.3) is 0 Å². The van der Waals surface area contributed by atoms with Gasteiger partial charge in [-0.1, -0.05) is 12.1 Å². The molecule has 7 nitrogen and oxygen atoms in total. The van der Waals surface area contributed by atoms with Crippen molar-refractivity contribution in [2.45, 2.75) is 39.5 Å². The standard InChI is InChI=1S/C16H22N2O5/c1-10(18-12(3)19)16(21)23-11(2)15(20)17-9-13-5-7-14(22-4)8-6-13/h5-8,10-11H,9H2,1-4H3,(H,17,20)(H,18,19)/t10-,11+/m0/s1. The third-order valence-corrected chi connectivity index (χ3v) is 3.06. The van der Waals surface area contributed by atoms with Crippen LogP contribution in [0.3, 0.4) is 0 Å². The highest BCUT2D eigenvalue weighted by Gasteiger charge is 2.22. The van der Waals surface area contributed by atoms with Gasteiger partial charge in [0.05, 0.1) is 7.11 Å². The van der Waals surface area contributed by atoms with Crippen LogP contribution in [0.15, 0.2) is 24.3 Å². The molecule has 0 radical (unpaired) electrons. The Morgan fingerprint density at radius 1 is 1.13 bits per heavy atom. The minimum Gasteiger partial charge on any atom is -0.497 e. The van der Waals surface area contributed by atoms with Gasteiger partial charge in [0.1, 0.15) is 11.8 Å². The van der Waals surface area contributed by atoms with Gasteiger partial charge in [-0.25, -0.2) is 4.79 Å². The molecule has 0 aliphatic heterocycles. The van der Waals surface area contributed by atoms with Crippen molar-refractivity contribution in [3.63, 3.8) is 0 Å². The molecule has 1 rings (SSSR count). The first-order valence-corrected chi connectivity index (χ1v) is 7.21. The molecule has 0 fully saturated rings. The van der Waals surface area contributed by atoms with Crippen molar-refractivity contribution in [2.75, 3.05) is 7.11 Å². The molecule has 0 unspecified atom stereocenters. The number of rotatable bonds is 7. The number of ether oxygens (including phenoxy) is 2.